The number of morpholine rings is 1. The van der Waals surface area contributed by atoms with Crippen molar-refractivity contribution in [2.24, 2.45) is 0 Å². The third-order valence-corrected chi connectivity index (χ3v) is 3.64. The van der Waals surface area contributed by atoms with Gasteiger partial charge in [-0.3, -0.25) is 0 Å². The van der Waals surface area contributed by atoms with Crippen molar-refractivity contribution >= 4 is 23.3 Å². The largest absolute Gasteiger partial charge is 0.372 e. The Kier molecular flexibility index (Phi) is 4.29. The van der Waals surface area contributed by atoms with Crippen molar-refractivity contribution in [2.75, 3.05) is 29.0 Å². The van der Waals surface area contributed by atoms with E-state index in [1.165, 1.54) is 0 Å². The van der Waals surface area contributed by atoms with Gasteiger partial charge in [-0.2, -0.15) is 4.98 Å². The van der Waals surface area contributed by atoms with E-state index in [4.69, 9.17) is 10.5 Å². The number of nitrogens with zero attached hydrogens (tertiary/aromatic N) is 4. The number of aromatic nitrogens is 3. The molecule has 1 fully saturated rings. The zero-order chi connectivity index (χ0) is 16.4. The first kappa shape index (κ1) is 15.5. The Morgan fingerprint density at radius 3 is 2.57 bits per heavy atom. The molecule has 0 bridgehead atoms. The van der Waals surface area contributed by atoms with Crippen LogP contribution in [0.1, 0.15) is 19.5 Å². The molecule has 7 heteroatoms. The molecule has 0 spiro atoms. The number of nitrogen functional groups attached to an aromatic ring is 1. The summed E-state index contributed by atoms with van der Waals surface area (Å²) < 4.78 is 5.76. The first-order chi connectivity index (χ1) is 11.0. The molecule has 1 saturated heterocycles. The molecule has 0 radical (unpaired) electrons. The van der Waals surface area contributed by atoms with Crippen LogP contribution < -0.4 is 16.0 Å². The van der Waals surface area contributed by atoms with Gasteiger partial charge in [-0.05, 0) is 32.9 Å². The first-order valence-electron chi connectivity index (χ1n) is 7.74. The van der Waals surface area contributed by atoms with E-state index in [-0.39, 0.29) is 18.2 Å². The molecule has 2 aromatic heterocycles. The number of ether oxygens (including phenoxy) is 1. The van der Waals surface area contributed by atoms with Crippen molar-refractivity contribution in [3.05, 3.63) is 30.1 Å². The summed E-state index contributed by atoms with van der Waals surface area (Å²) in [4.78, 5) is 15.0. The van der Waals surface area contributed by atoms with Crippen molar-refractivity contribution < 1.29 is 4.74 Å². The lowest BCUT2D eigenvalue weighted by Gasteiger charge is -2.36. The van der Waals surface area contributed by atoms with Crippen LogP contribution in [0.2, 0.25) is 0 Å². The minimum Gasteiger partial charge on any atom is -0.372 e. The Balaban J connectivity index is 1.71. The normalized spacial score (nSPS) is 21.3. The van der Waals surface area contributed by atoms with Gasteiger partial charge in [0, 0.05) is 24.8 Å². The zero-order valence-corrected chi connectivity index (χ0v) is 13.7. The molecule has 122 valence electrons. The molecule has 3 N–H and O–H groups in total. The highest BCUT2D eigenvalue weighted by molar-refractivity contribution is 5.58. The van der Waals surface area contributed by atoms with E-state index in [0.717, 1.165) is 30.3 Å². The lowest BCUT2D eigenvalue weighted by Crippen LogP contribution is -2.45. The maximum atomic E-state index is 5.76. The van der Waals surface area contributed by atoms with Gasteiger partial charge in [-0.15, -0.1) is 0 Å². The lowest BCUT2D eigenvalue weighted by atomic mass is 10.2. The number of rotatable bonds is 3. The molecule has 0 amide bonds. The average molecular weight is 314 g/mol. The van der Waals surface area contributed by atoms with Gasteiger partial charge in [-0.25, -0.2) is 9.97 Å². The number of nitrogens with two attached hydrogens (primary N) is 1. The Morgan fingerprint density at radius 2 is 1.96 bits per heavy atom. The number of pyridine rings is 1. The minimum absolute atomic E-state index is 0.213. The maximum Gasteiger partial charge on any atom is 0.222 e. The summed E-state index contributed by atoms with van der Waals surface area (Å²) in [5.41, 5.74) is 7.35. The van der Waals surface area contributed by atoms with Crippen molar-refractivity contribution in [1.82, 2.24) is 15.0 Å². The summed E-state index contributed by atoms with van der Waals surface area (Å²) in [5.74, 6) is 1.88. The van der Waals surface area contributed by atoms with Gasteiger partial charge >= 0.3 is 0 Å². The second kappa shape index (κ2) is 6.37. The van der Waals surface area contributed by atoms with Crippen LogP contribution in [0.25, 0.3) is 0 Å². The smallest absolute Gasteiger partial charge is 0.222 e. The van der Waals surface area contributed by atoms with Gasteiger partial charge < -0.3 is 20.7 Å². The predicted octanol–water partition coefficient (Wildman–Crippen LogP) is 2.12. The molecule has 1 aliphatic rings. The quantitative estimate of drug-likeness (QED) is 0.897. The van der Waals surface area contributed by atoms with Crippen LogP contribution in [0.4, 0.5) is 23.3 Å². The molecule has 23 heavy (non-hydrogen) atoms. The van der Waals surface area contributed by atoms with Crippen LogP contribution in [-0.4, -0.2) is 40.2 Å². The second-order valence-electron chi connectivity index (χ2n) is 5.95. The summed E-state index contributed by atoms with van der Waals surface area (Å²) in [6, 6.07) is 5.83. The fourth-order valence-corrected chi connectivity index (χ4v) is 2.82. The molecule has 0 aliphatic carbocycles. The van der Waals surface area contributed by atoms with Gasteiger partial charge in [0.1, 0.15) is 11.6 Å². The highest BCUT2D eigenvalue weighted by Gasteiger charge is 2.22. The fraction of sp³-hybridized carbons (Fsp3) is 0.438. The van der Waals surface area contributed by atoms with Crippen molar-refractivity contribution in [3.8, 4) is 0 Å². The van der Waals surface area contributed by atoms with Crippen molar-refractivity contribution in [1.29, 1.82) is 0 Å². The number of anilines is 4. The van der Waals surface area contributed by atoms with Gasteiger partial charge in [0.25, 0.3) is 0 Å². The Bertz CT molecular complexity index is 645. The molecule has 2 aromatic rings. The predicted molar refractivity (Wildman–Crippen MR) is 90.9 cm³/mol. The van der Waals surface area contributed by atoms with Crippen LogP contribution in [0, 0.1) is 6.92 Å². The minimum atomic E-state index is 0.213. The van der Waals surface area contributed by atoms with Crippen LogP contribution >= 0.6 is 0 Å². The van der Waals surface area contributed by atoms with Gasteiger partial charge in [0.05, 0.1) is 24.1 Å². The van der Waals surface area contributed by atoms with E-state index in [0.29, 0.717) is 5.82 Å². The van der Waals surface area contributed by atoms with Gasteiger partial charge in [-0.1, -0.05) is 0 Å². The summed E-state index contributed by atoms with van der Waals surface area (Å²) in [6.07, 6.45) is 2.23. The molecule has 2 atom stereocenters. The fourth-order valence-electron chi connectivity index (χ4n) is 2.82. The molecule has 0 saturated carbocycles. The van der Waals surface area contributed by atoms with E-state index in [2.05, 4.69) is 39.0 Å². The number of hydrogen-bond acceptors (Lipinski definition) is 7. The molecule has 1 aliphatic heterocycles. The number of hydrogen-bond donors (Lipinski definition) is 2. The zero-order valence-electron chi connectivity index (χ0n) is 13.7. The summed E-state index contributed by atoms with van der Waals surface area (Å²) in [7, 11) is 0. The third kappa shape index (κ3) is 3.87. The van der Waals surface area contributed by atoms with E-state index in [1.54, 1.807) is 6.20 Å². The Hall–Kier alpha value is -2.41. The third-order valence-electron chi connectivity index (χ3n) is 3.64. The van der Waals surface area contributed by atoms with Crippen molar-refractivity contribution in [2.45, 2.75) is 33.0 Å². The molecule has 3 heterocycles. The average Bonchev–Trinajstić information content (AvgIpc) is 2.46. The number of aryl methyl sites for hydroxylation is 1. The van der Waals surface area contributed by atoms with Gasteiger partial charge in [0.15, 0.2) is 0 Å². The Labute approximate surface area is 135 Å². The summed E-state index contributed by atoms with van der Waals surface area (Å²) >= 11 is 0. The first-order valence-corrected chi connectivity index (χ1v) is 7.74. The van der Waals surface area contributed by atoms with E-state index in [9.17, 15) is 0 Å². The van der Waals surface area contributed by atoms with Gasteiger partial charge in [0.2, 0.25) is 5.95 Å². The highest BCUT2D eigenvalue weighted by Crippen LogP contribution is 2.21. The van der Waals surface area contributed by atoms with Crippen LogP contribution in [0.3, 0.4) is 0 Å². The van der Waals surface area contributed by atoms with Crippen LogP contribution in [0.15, 0.2) is 24.4 Å². The number of nitrogens with one attached hydrogen (secondary N) is 1. The molecular weight excluding hydrogens is 292 g/mol. The Morgan fingerprint density at radius 1 is 1.22 bits per heavy atom. The van der Waals surface area contributed by atoms with Crippen molar-refractivity contribution in [3.63, 3.8) is 0 Å². The maximum absolute atomic E-state index is 5.76. The lowest BCUT2D eigenvalue weighted by molar-refractivity contribution is -0.00545. The summed E-state index contributed by atoms with van der Waals surface area (Å²) in [5, 5.41) is 3.20. The van der Waals surface area contributed by atoms with Crippen LogP contribution in [0.5, 0.6) is 0 Å². The SMILES string of the molecule is Cc1cc(Nc2ccc(N3C[C@@H](C)O[C@H](C)C3)nc2)nc(N)n1. The standard InChI is InChI=1S/C16H22N6O/c1-10-6-14(21-16(17)19-10)20-13-4-5-15(18-7-13)22-8-11(2)23-12(3)9-22/h4-7,11-12H,8-9H2,1-3H3,(H3,17,19,20,21)/t11-,12-/m1/s1. The van der Waals surface area contributed by atoms with E-state index < -0.39 is 0 Å². The topological polar surface area (TPSA) is 89.2 Å². The molecule has 0 aromatic carbocycles. The van der Waals surface area contributed by atoms with E-state index in [1.807, 2.05) is 25.1 Å². The molecule has 3 rings (SSSR count). The highest BCUT2D eigenvalue weighted by atomic mass is 16.5. The molecule has 0 unspecified atom stereocenters. The second-order valence-corrected chi connectivity index (χ2v) is 5.95. The molecule has 7 nitrogen and oxygen atoms in total. The van der Waals surface area contributed by atoms with Crippen LogP contribution in [-0.2, 0) is 4.74 Å². The van der Waals surface area contributed by atoms with E-state index >= 15 is 0 Å². The molecular formula is C16H22N6O. The monoisotopic (exact) mass is 314 g/mol. The summed E-state index contributed by atoms with van der Waals surface area (Å²) in [6.45, 7) is 7.75.